The van der Waals surface area contributed by atoms with Crippen molar-refractivity contribution in [2.45, 2.75) is 12.8 Å². The second kappa shape index (κ2) is 3.30. The van der Waals surface area contributed by atoms with E-state index in [1.807, 2.05) is 12.1 Å². The van der Waals surface area contributed by atoms with Crippen molar-refractivity contribution in [3.05, 3.63) is 41.7 Å². The van der Waals surface area contributed by atoms with Crippen LogP contribution in [0.25, 0.3) is 10.8 Å². The Balaban J connectivity index is 2.23. The summed E-state index contributed by atoms with van der Waals surface area (Å²) in [4.78, 5) is 15.6. The van der Waals surface area contributed by atoms with Gasteiger partial charge < -0.3 is 5.73 Å². The lowest BCUT2D eigenvalue weighted by molar-refractivity contribution is -0.121. The second-order valence-corrected chi connectivity index (χ2v) is 4.28. The summed E-state index contributed by atoms with van der Waals surface area (Å²) in [6.07, 6.45) is 3.21. The summed E-state index contributed by atoms with van der Waals surface area (Å²) in [5.74, 6) is -0.332. The van der Waals surface area contributed by atoms with E-state index >= 15 is 0 Å². The van der Waals surface area contributed by atoms with Gasteiger partial charge in [-0.05, 0) is 23.4 Å². The lowest BCUT2D eigenvalue weighted by Crippen LogP contribution is -2.29. The van der Waals surface area contributed by atoms with E-state index in [1.165, 1.54) is 16.3 Å². The van der Waals surface area contributed by atoms with Crippen molar-refractivity contribution in [1.29, 1.82) is 0 Å². The molecule has 1 unspecified atom stereocenters. The third kappa shape index (κ3) is 1.28. The van der Waals surface area contributed by atoms with Crippen molar-refractivity contribution >= 4 is 16.7 Å². The number of hydrogen-bond donors (Lipinski definition) is 1. The second-order valence-electron chi connectivity index (χ2n) is 4.28. The number of carbonyl (C=O) groups excluding carboxylic acids is 1. The van der Waals surface area contributed by atoms with Crippen LogP contribution in [0.15, 0.2) is 30.5 Å². The van der Waals surface area contributed by atoms with Crippen molar-refractivity contribution in [2.24, 2.45) is 11.7 Å². The smallest absolute Gasteiger partial charge is 0.221 e. The Morgan fingerprint density at radius 2 is 2.19 bits per heavy atom. The molecule has 1 aliphatic carbocycles. The largest absolute Gasteiger partial charge is 0.369 e. The molecule has 3 nitrogen and oxygen atoms in total. The molecule has 0 fully saturated rings. The van der Waals surface area contributed by atoms with Gasteiger partial charge in [0.1, 0.15) is 0 Å². The lowest BCUT2D eigenvalue weighted by atomic mass is 9.84. The molecule has 2 aromatic rings. The highest BCUT2D eigenvalue weighted by molar-refractivity contribution is 5.90. The summed E-state index contributed by atoms with van der Waals surface area (Å²) in [6, 6.07) is 8.16. The molecule has 1 amide bonds. The van der Waals surface area contributed by atoms with Crippen molar-refractivity contribution in [3.8, 4) is 0 Å². The molecule has 1 aliphatic rings. The van der Waals surface area contributed by atoms with E-state index in [2.05, 4.69) is 17.1 Å². The summed E-state index contributed by atoms with van der Waals surface area (Å²) in [6.45, 7) is 0. The summed E-state index contributed by atoms with van der Waals surface area (Å²) in [5, 5.41) is 2.41. The minimum Gasteiger partial charge on any atom is -0.369 e. The van der Waals surface area contributed by atoms with E-state index in [0.29, 0.717) is 6.42 Å². The van der Waals surface area contributed by atoms with E-state index in [0.717, 1.165) is 12.1 Å². The predicted molar refractivity (Wildman–Crippen MR) is 61.8 cm³/mol. The molecule has 0 aliphatic heterocycles. The van der Waals surface area contributed by atoms with Gasteiger partial charge in [0.05, 0.1) is 0 Å². The van der Waals surface area contributed by atoms with Crippen LogP contribution >= 0.6 is 0 Å². The highest BCUT2D eigenvalue weighted by atomic mass is 16.1. The molecule has 1 atom stereocenters. The molecule has 0 bridgehead atoms. The molecule has 16 heavy (non-hydrogen) atoms. The van der Waals surface area contributed by atoms with Crippen LogP contribution in [0.1, 0.15) is 11.3 Å². The Morgan fingerprint density at radius 1 is 1.31 bits per heavy atom. The van der Waals surface area contributed by atoms with E-state index < -0.39 is 0 Å². The molecular weight excluding hydrogens is 200 g/mol. The van der Waals surface area contributed by atoms with Crippen LogP contribution in [0.2, 0.25) is 0 Å². The Bertz CT molecular complexity index is 536. The van der Waals surface area contributed by atoms with Crippen molar-refractivity contribution in [3.63, 3.8) is 0 Å². The highest BCUT2D eigenvalue weighted by Crippen LogP contribution is 2.30. The van der Waals surface area contributed by atoms with Gasteiger partial charge >= 0.3 is 0 Å². The standard InChI is InChI=1S/C13H12N2O/c14-13(16)10-6-9-3-1-2-8-4-5-15-11(7-10)12(8)9/h1-5,10H,6-7H2,(H2,14,16). The number of amides is 1. The molecule has 1 heterocycles. The first-order valence-electron chi connectivity index (χ1n) is 5.40. The van der Waals surface area contributed by atoms with Gasteiger partial charge in [-0.15, -0.1) is 0 Å². The summed E-state index contributed by atoms with van der Waals surface area (Å²) in [7, 11) is 0. The first kappa shape index (κ1) is 9.33. The molecular formula is C13H12N2O. The van der Waals surface area contributed by atoms with Crippen LogP contribution in [0, 0.1) is 5.92 Å². The van der Waals surface area contributed by atoms with E-state index in [1.54, 1.807) is 6.20 Å². The highest BCUT2D eigenvalue weighted by Gasteiger charge is 2.24. The lowest BCUT2D eigenvalue weighted by Gasteiger charge is -2.21. The van der Waals surface area contributed by atoms with Crippen LogP contribution in [0.4, 0.5) is 0 Å². The molecule has 0 saturated carbocycles. The van der Waals surface area contributed by atoms with E-state index in [4.69, 9.17) is 5.73 Å². The quantitative estimate of drug-likeness (QED) is 0.777. The van der Waals surface area contributed by atoms with Gasteiger partial charge in [0.15, 0.2) is 0 Å². The Labute approximate surface area is 93.3 Å². The molecule has 1 aromatic heterocycles. The Hall–Kier alpha value is -1.90. The SMILES string of the molecule is NC(=O)C1Cc2cccc3ccnc(c23)C1. The third-order valence-electron chi connectivity index (χ3n) is 3.26. The van der Waals surface area contributed by atoms with Crippen LogP contribution in [-0.2, 0) is 17.6 Å². The van der Waals surface area contributed by atoms with Crippen LogP contribution in [0.3, 0.4) is 0 Å². The molecule has 0 radical (unpaired) electrons. The average Bonchev–Trinajstić information content (AvgIpc) is 2.29. The zero-order chi connectivity index (χ0) is 11.1. The monoisotopic (exact) mass is 212 g/mol. The number of carbonyl (C=O) groups is 1. The van der Waals surface area contributed by atoms with Crippen molar-refractivity contribution in [1.82, 2.24) is 4.98 Å². The van der Waals surface area contributed by atoms with Gasteiger partial charge in [0.2, 0.25) is 5.91 Å². The van der Waals surface area contributed by atoms with Crippen molar-refractivity contribution < 1.29 is 4.79 Å². The van der Waals surface area contributed by atoms with Crippen LogP contribution in [-0.4, -0.2) is 10.9 Å². The maximum atomic E-state index is 11.3. The fourth-order valence-corrected chi connectivity index (χ4v) is 2.48. The average molecular weight is 212 g/mol. The molecule has 2 N–H and O–H groups in total. The number of primary amides is 1. The molecule has 0 spiro atoms. The topological polar surface area (TPSA) is 56.0 Å². The predicted octanol–water partition coefficient (Wildman–Crippen LogP) is 1.43. The Kier molecular flexibility index (Phi) is 1.93. The molecule has 1 aromatic carbocycles. The molecule has 3 heteroatoms. The molecule has 3 rings (SSSR count). The fraction of sp³-hybridized carbons (Fsp3) is 0.231. The first-order chi connectivity index (χ1) is 7.75. The van der Waals surface area contributed by atoms with Gasteiger partial charge in [-0.2, -0.15) is 0 Å². The van der Waals surface area contributed by atoms with Gasteiger partial charge in [-0.1, -0.05) is 18.2 Å². The number of pyridine rings is 1. The minimum atomic E-state index is -0.228. The van der Waals surface area contributed by atoms with E-state index in [9.17, 15) is 4.79 Å². The number of hydrogen-bond acceptors (Lipinski definition) is 2. The first-order valence-corrected chi connectivity index (χ1v) is 5.40. The fourth-order valence-electron chi connectivity index (χ4n) is 2.48. The summed E-state index contributed by atoms with van der Waals surface area (Å²) >= 11 is 0. The number of aromatic nitrogens is 1. The zero-order valence-electron chi connectivity index (χ0n) is 8.81. The number of nitrogens with zero attached hydrogens (tertiary/aromatic N) is 1. The minimum absolute atomic E-state index is 0.104. The van der Waals surface area contributed by atoms with E-state index in [-0.39, 0.29) is 11.8 Å². The molecule has 80 valence electrons. The van der Waals surface area contributed by atoms with Gasteiger partial charge in [-0.3, -0.25) is 9.78 Å². The molecule has 0 saturated heterocycles. The van der Waals surface area contributed by atoms with Crippen LogP contribution in [0.5, 0.6) is 0 Å². The number of benzene rings is 1. The summed E-state index contributed by atoms with van der Waals surface area (Å²) in [5.41, 5.74) is 7.58. The van der Waals surface area contributed by atoms with Crippen LogP contribution < -0.4 is 5.73 Å². The third-order valence-corrected chi connectivity index (χ3v) is 3.26. The Morgan fingerprint density at radius 3 is 3.00 bits per heavy atom. The van der Waals surface area contributed by atoms with Crippen molar-refractivity contribution in [2.75, 3.05) is 0 Å². The zero-order valence-corrected chi connectivity index (χ0v) is 8.81. The number of nitrogens with two attached hydrogens (primary N) is 1. The maximum Gasteiger partial charge on any atom is 0.221 e. The van der Waals surface area contributed by atoms with Gasteiger partial charge in [0, 0.05) is 29.6 Å². The van der Waals surface area contributed by atoms with Gasteiger partial charge in [0.25, 0.3) is 0 Å². The summed E-state index contributed by atoms with van der Waals surface area (Å²) < 4.78 is 0. The number of rotatable bonds is 1. The maximum absolute atomic E-state index is 11.3. The normalized spacial score (nSPS) is 18.6. The van der Waals surface area contributed by atoms with Gasteiger partial charge in [-0.25, -0.2) is 0 Å².